The molecule has 0 amide bonds. The van der Waals surface area contributed by atoms with Crippen LogP contribution in [-0.2, 0) is 16.1 Å². The van der Waals surface area contributed by atoms with Crippen molar-refractivity contribution in [2.45, 2.75) is 26.3 Å². The van der Waals surface area contributed by atoms with Gasteiger partial charge < -0.3 is 14.8 Å². The van der Waals surface area contributed by atoms with E-state index in [1.165, 1.54) is 12.1 Å². The Morgan fingerprint density at radius 1 is 1.10 bits per heavy atom. The van der Waals surface area contributed by atoms with Crippen LogP contribution in [0.3, 0.4) is 0 Å². The van der Waals surface area contributed by atoms with Gasteiger partial charge in [-0.3, -0.25) is 19.8 Å². The molecule has 0 unspecified atom stereocenters. The lowest BCUT2D eigenvalue weighted by Gasteiger charge is -2.30. The van der Waals surface area contributed by atoms with Gasteiger partial charge in [-0.05, 0) is 56.6 Å². The summed E-state index contributed by atoms with van der Waals surface area (Å²) in [5.74, 6) is -0.211. The lowest BCUT2D eigenvalue weighted by atomic mass is 9.96. The van der Waals surface area contributed by atoms with Crippen molar-refractivity contribution >= 4 is 34.0 Å². The molecule has 2 heterocycles. The Balaban J connectivity index is 1.41. The number of hydrogen-bond acceptors (Lipinski definition) is 7. The third-order valence-electron chi connectivity index (χ3n) is 7.05. The van der Waals surface area contributed by atoms with Gasteiger partial charge in [-0.2, -0.15) is 0 Å². The van der Waals surface area contributed by atoms with Crippen LogP contribution in [0.2, 0.25) is 0 Å². The maximum absolute atomic E-state index is 12.0. The zero-order valence-corrected chi connectivity index (χ0v) is 21.7. The predicted molar refractivity (Wildman–Crippen MR) is 149 cm³/mol. The Bertz CT molecular complexity index is 1500. The number of rotatable bonds is 8. The minimum atomic E-state index is -0.454. The first-order chi connectivity index (χ1) is 18.9. The molecule has 5 rings (SSSR count). The number of aliphatic imine (C=N–C) groups is 1. The average Bonchev–Trinajstić information content (AvgIpc) is 3.28. The van der Waals surface area contributed by atoms with Crippen molar-refractivity contribution in [3.63, 3.8) is 0 Å². The molecule has 3 aromatic carbocycles. The lowest BCUT2D eigenvalue weighted by Crippen LogP contribution is -2.36. The van der Waals surface area contributed by atoms with Crippen molar-refractivity contribution < 1.29 is 19.6 Å². The van der Waals surface area contributed by atoms with E-state index in [0.717, 1.165) is 43.6 Å². The van der Waals surface area contributed by atoms with Crippen LogP contribution in [0.1, 0.15) is 36.5 Å². The first-order valence-corrected chi connectivity index (χ1v) is 13.0. The van der Waals surface area contributed by atoms with Crippen LogP contribution in [0.25, 0.3) is 10.9 Å². The summed E-state index contributed by atoms with van der Waals surface area (Å²) in [5, 5.41) is 22.8. The molecule has 4 aromatic rings. The molecule has 0 saturated carbocycles. The summed E-state index contributed by atoms with van der Waals surface area (Å²) in [6, 6.07) is 21.8. The number of aromatic nitrogens is 1. The predicted octanol–water partition coefficient (Wildman–Crippen LogP) is 5.73. The second-order valence-corrected chi connectivity index (χ2v) is 9.63. The van der Waals surface area contributed by atoms with Gasteiger partial charge in [0.2, 0.25) is 0 Å². The number of aromatic hydroxyl groups is 1. The van der Waals surface area contributed by atoms with Gasteiger partial charge in [-0.15, -0.1) is 0 Å². The number of benzene rings is 3. The molecule has 39 heavy (non-hydrogen) atoms. The monoisotopic (exact) mass is 526 g/mol. The van der Waals surface area contributed by atoms with Crippen molar-refractivity contribution in [2.75, 3.05) is 19.7 Å². The number of nitro groups is 1. The molecule has 0 bridgehead atoms. The Kier molecular flexibility index (Phi) is 7.69. The van der Waals surface area contributed by atoms with E-state index >= 15 is 0 Å². The molecule has 1 aromatic heterocycles. The van der Waals surface area contributed by atoms with Gasteiger partial charge >= 0.3 is 5.97 Å². The highest BCUT2D eigenvalue weighted by molar-refractivity contribution is 6.22. The van der Waals surface area contributed by atoms with Gasteiger partial charge in [0, 0.05) is 35.1 Å². The zero-order valence-electron chi connectivity index (χ0n) is 21.7. The topological polar surface area (TPSA) is 121 Å². The van der Waals surface area contributed by atoms with Crippen LogP contribution in [0.5, 0.6) is 5.88 Å². The average molecular weight is 527 g/mol. The number of non-ortho nitro benzene ring substituents is 1. The van der Waals surface area contributed by atoms with Gasteiger partial charge in [0.15, 0.2) is 5.88 Å². The van der Waals surface area contributed by atoms with E-state index in [4.69, 9.17) is 9.73 Å². The fourth-order valence-electron chi connectivity index (χ4n) is 5.03. The van der Waals surface area contributed by atoms with Crippen molar-refractivity contribution in [2.24, 2.45) is 10.9 Å². The maximum Gasteiger partial charge on any atom is 0.309 e. The number of ether oxygens (including phenoxy) is 1. The number of H-pyrrole nitrogens is 1. The molecule has 0 atom stereocenters. The highest BCUT2D eigenvalue weighted by Gasteiger charge is 2.26. The molecule has 0 aliphatic carbocycles. The van der Waals surface area contributed by atoms with Crippen molar-refractivity contribution in [1.29, 1.82) is 0 Å². The Morgan fingerprint density at radius 2 is 1.82 bits per heavy atom. The van der Waals surface area contributed by atoms with E-state index in [1.807, 2.05) is 61.5 Å². The number of carbonyl (C=O) groups is 1. The minimum Gasteiger partial charge on any atom is -0.494 e. The van der Waals surface area contributed by atoms with Gasteiger partial charge in [0.25, 0.3) is 5.69 Å². The number of fused-ring (bicyclic) bond motifs is 1. The van der Waals surface area contributed by atoms with Crippen LogP contribution in [0.4, 0.5) is 11.4 Å². The largest absolute Gasteiger partial charge is 0.494 e. The summed E-state index contributed by atoms with van der Waals surface area (Å²) in [4.78, 5) is 33.1. The standard InChI is InChI=1S/C30H30N4O5/c1-2-39-30(36)22-14-16-33(17-15-22)19-20-8-10-23(11-9-20)31-28(21-6-4-3-5-7-21)27-25-18-24(34(37)38)12-13-26(25)32-29(27)35/h3-13,18,22,32,35H,2,14-17,19H2,1H3. The third-order valence-corrected chi connectivity index (χ3v) is 7.05. The summed E-state index contributed by atoms with van der Waals surface area (Å²) in [6.45, 7) is 4.71. The smallest absolute Gasteiger partial charge is 0.309 e. The summed E-state index contributed by atoms with van der Waals surface area (Å²) in [7, 11) is 0. The van der Waals surface area contributed by atoms with E-state index in [-0.39, 0.29) is 23.5 Å². The minimum absolute atomic E-state index is 0.0170. The number of aromatic amines is 1. The molecule has 200 valence electrons. The van der Waals surface area contributed by atoms with E-state index in [2.05, 4.69) is 9.88 Å². The number of nitro benzene ring substituents is 1. The number of esters is 1. The molecule has 1 saturated heterocycles. The summed E-state index contributed by atoms with van der Waals surface area (Å²) >= 11 is 0. The van der Waals surface area contributed by atoms with Crippen LogP contribution in [-0.4, -0.2) is 51.3 Å². The summed E-state index contributed by atoms with van der Waals surface area (Å²) in [6.07, 6.45) is 1.60. The number of piperidine rings is 1. The molecular weight excluding hydrogens is 496 g/mol. The molecule has 0 spiro atoms. The third kappa shape index (κ3) is 5.83. The fraction of sp³-hybridized carbons (Fsp3) is 0.267. The van der Waals surface area contributed by atoms with E-state index in [0.29, 0.717) is 34.5 Å². The normalized spacial score (nSPS) is 14.9. The first kappa shape index (κ1) is 26.1. The molecule has 1 aliphatic heterocycles. The summed E-state index contributed by atoms with van der Waals surface area (Å²) < 4.78 is 5.17. The van der Waals surface area contributed by atoms with Gasteiger partial charge in [0.1, 0.15) is 0 Å². The molecule has 2 N–H and O–H groups in total. The Morgan fingerprint density at radius 3 is 2.49 bits per heavy atom. The van der Waals surface area contributed by atoms with Crippen LogP contribution in [0, 0.1) is 16.0 Å². The van der Waals surface area contributed by atoms with Crippen molar-refractivity contribution in [3.05, 3.63) is 99.6 Å². The highest BCUT2D eigenvalue weighted by Crippen LogP contribution is 2.33. The van der Waals surface area contributed by atoms with Gasteiger partial charge in [-0.25, -0.2) is 4.99 Å². The Labute approximate surface area is 225 Å². The first-order valence-electron chi connectivity index (χ1n) is 13.0. The van der Waals surface area contributed by atoms with Crippen molar-refractivity contribution in [3.8, 4) is 5.88 Å². The molecule has 1 aliphatic rings. The molecule has 9 nitrogen and oxygen atoms in total. The quantitative estimate of drug-likeness (QED) is 0.131. The number of likely N-dealkylation sites (tertiary alicyclic amines) is 1. The fourth-order valence-corrected chi connectivity index (χ4v) is 5.03. The number of carbonyl (C=O) groups excluding carboxylic acids is 1. The lowest BCUT2D eigenvalue weighted by molar-refractivity contribution is -0.384. The zero-order chi connectivity index (χ0) is 27.4. The highest BCUT2D eigenvalue weighted by atomic mass is 16.6. The van der Waals surface area contributed by atoms with Crippen molar-refractivity contribution in [1.82, 2.24) is 9.88 Å². The van der Waals surface area contributed by atoms with E-state index < -0.39 is 4.92 Å². The molecular formula is C30H30N4O5. The van der Waals surface area contributed by atoms with E-state index in [1.54, 1.807) is 6.07 Å². The molecule has 1 fully saturated rings. The van der Waals surface area contributed by atoms with Gasteiger partial charge in [0.05, 0.1) is 34.4 Å². The van der Waals surface area contributed by atoms with Crippen LogP contribution in [0.15, 0.2) is 77.8 Å². The summed E-state index contributed by atoms with van der Waals surface area (Å²) in [5.41, 5.74) is 4.04. The molecule has 0 radical (unpaired) electrons. The van der Waals surface area contributed by atoms with Crippen LogP contribution < -0.4 is 0 Å². The number of hydrogen-bond donors (Lipinski definition) is 2. The second-order valence-electron chi connectivity index (χ2n) is 9.63. The van der Waals surface area contributed by atoms with Gasteiger partial charge in [-0.1, -0.05) is 42.5 Å². The number of nitrogens with one attached hydrogen (secondary N) is 1. The Hall–Kier alpha value is -4.50. The SMILES string of the molecule is CCOC(=O)C1CCN(Cc2ccc(N=C(c3ccccc3)c3c(O)[nH]c4ccc([N+](=O)[O-])cc34)cc2)CC1. The van der Waals surface area contributed by atoms with Crippen LogP contribution >= 0.6 is 0 Å². The molecule has 9 heteroatoms. The maximum atomic E-state index is 12.0. The second kappa shape index (κ2) is 11.5. The van der Waals surface area contributed by atoms with E-state index in [9.17, 15) is 20.0 Å². The number of nitrogens with zero attached hydrogens (tertiary/aromatic N) is 3.